The summed E-state index contributed by atoms with van der Waals surface area (Å²) in [7, 11) is 2.17. The first-order valence-corrected chi connectivity index (χ1v) is 45.6. The van der Waals surface area contributed by atoms with Gasteiger partial charge < -0.3 is 64.9 Å². The molecule has 16 rings (SSSR count). The summed E-state index contributed by atoms with van der Waals surface area (Å²) in [5, 5.41) is 8.49. The smallest absolute Gasteiger partial charge is 0.322 e. The minimum absolute atomic E-state index is 0. The maximum absolute atomic E-state index is 13.7. The standard InChI is InChI=1S/C31H39N5O3S.C30H38N4O3S.C29H34Cl2N4O3S.H2/c1-33-16-7-11-24(33)15-19-35-29(38)27(40-30(35)22-8-3-2-4-9-22)20-28(37)34-17-13-25(14-18-34)36-21-23-10-5-6-12-26(23)32-31(36)39;1-21(2)12-18-34-28(36)26(38-29(34)23-9-4-3-5-10-23)20-27(35)32-16-14-24(15-17-32)33-19-13-22-8-6-7-11-25(22)31-30(33)37;1-18(2)10-15-34-27(37)24(39-28(34)26-21(30)7-5-8-22(26)31)16-25(36)33-13-11-20(12-14-33)35-17-19-6-3-4-9-23(19)32-29(35)38;/h2-6,8-10,12,24-25,27,30H,7,11,13-21H2,1H3,(H,32,39);3-11,21,24,26,29H,12-20H2,1-2H3,(H,31,37);3-9,18,20,24,28H,10-17H2,1-2H3,(H,32,38);1H. The number of carbonyl (C=O) groups is 9. The van der Waals surface area contributed by atoms with Gasteiger partial charge in [0.1, 0.15) is 16.1 Å². The number of hydrogen-bond donors (Lipinski definition) is 3. The first-order valence-electron chi connectivity index (χ1n) is 42.0. The number of para-hydroxylation sites is 3. The van der Waals surface area contributed by atoms with Gasteiger partial charge in [-0.1, -0.05) is 172 Å². The zero-order valence-electron chi connectivity index (χ0n) is 67.8. The van der Waals surface area contributed by atoms with Crippen LogP contribution in [0, 0.1) is 11.8 Å². The number of nitrogens with zero attached hydrogens (tertiary/aromatic N) is 10. The third-order valence-electron chi connectivity index (χ3n) is 24.8. The summed E-state index contributed by atoms with van der Waals surface area (Å²) in [4.78, 5) is 139. The average Bonchev–Trinajstić information content (AvgIpc) is 1.60. The molecular formula is C90H113Cl2N13O9S3. The van der Waals surface area contributed by atoms with Crippen LogP contribution in [0.15, 0.2) is 152 Å². The summed E-state index contributed by atoms with van der Waals surface area (Å²) in [5.74, 6) is 1.13. The maximum atomic E-state index is 13.7. The number of carbonyl (C=O) groups excluding carboxylic acids is 9. The Bertz CT molecular complexity index is 4520. The number of likely N-dealkylation sites (tertiary alicyclic amines) is 4. The average molecular weight is 1690 g/mol. The molecule has 0 spiro atoms. The van der Waals surface area contributed by atoms with E-state index in [9.17, 15) is 43.2 Å². The Morgan fingerprint density at radius 1 is 0.419 bits per heavy atom. The van der Waals surface area contributed by atoms with Crippen LogP contribution in [-0.2, 0) is 48.3 Å². The van der Waals surface area contributed by atoms with Crippen molar-refractivity contribution in [1.82, 2.24) is 49.0 Å². The molecule has 7 fully saturated rings. The quantitative estimate of drug-likeness (QED) is 0.0611. The second kappa shape index (κ2) is 39.2. The van der Waals surface area contributed by atoms with Gasteiger partial charge in [0.05, 0.1) is 15.7 Å². The molecule has 0 saturated carbocycles. The minimum atomic E-state index is -0.482. The van der Waals surface area contributed by atoms with E-state index in [2.05, 4.69) is 92.0 Å². The predicted octanol–water partition coefficient (Wildman–Crippen LogP) is 16.3. The largest absolute Gasteiger partial charge is 0.342 e. The molecule has 7 atom stereocenters. The number of piperidine rings is 3. The van der Waals surface area contributed by atoms with Crippen LogP contribution < -0.4 is 16.0 Å². The summed E-state index contributed by atoms with van der Waals surface area (Å²) in [5.41, 5.74) is 8.99. The number of fused-ring (bicyclic) bond motifs is 3. The van der Waals surface area contributed by atoms with Crippen LogP contribution >= 0.6 is 58.5 Å². The van der Waals surface area contributed by atoms with E-state index in [1.165, 1.54) is 24.6 Å². The number of benzene rings is 6. The Hall–Kier alpha value is -8.46. The van der Waals surface area contributed by atoms with E-state index in [4.69, 9.17) is 23.2 Å². The molecule has 117 heavy (non-hydrogen) atoms. The lowest BCUT2D eigenvalue weighted by Crippen LogP contribution is -2.51. The van der Waals surface area contributed by atoms with E-state index in [0.29, 0.717) is 113 Å². The number of thioether (sulfide) groups is 3. The third kappa shape index (κ3) is 20.4. The molecule has 6 aromatic rings. The van der Waals surface area contributed by atoms with Crippen LogP contribution in [0.1, 0.15) is 169 Å². The highest BCUT2D eigenvalue weighted by Crippen LogP contribution is 2.50. The third-order valence-corrected chi connectivity index (χ3v) is 29.9. The second-order valence-electron chi connectivity index (χ2n) is 33.3. The van der Waals surface area contributed by atoms with Crippen molar-refractivity contribution in [3.8, 4) is 0 Å². The van der Waals surface area contributed by atoms with Gasteiger partial charge in [-0.2, -0.15) is 0 Å². The number of amides is 12. The van der Waals surface area contributed by atoms with E-state index in [0.717, 1.165) is 115 Å². The number of halogens is 2. The highest BCUT2D eigenvalue weighted by Gasteiger charge is 2.48. The van der Waals surface area contributed by atoms with Crippen molar-refractivity contribution in [2.75, 3.05) is 95.0 Å². The Balaban J connectivity index is 0.000000153. The molecular weight excluding hydrogens is 1570 g/mol. The summed E-state index contributed by atoms with van der Waals surface area (Å²) >= 11 is 17.8. The van der Waals surface area contributed by atoms with Gasteiger partial charge in [-0.3, -0.25) is 28.8 Å². The molecule has 22 nitrogen and oxygen atoms in total. The number of anilines is 3. The number of urea groups is 3. The monoisotopic (exact) mass is 1690 g/mol. The van der Waals surface area contributed by atoms with E-state index < -0.39 is 5.25 Å². The molecule has 3 N–H and O–H groups in total. The number of nitrogens with one attached hydrogen (secondary N) is 3. The molecule has 7 unspecified atom stereocenters. The van der Waals surface area contributed by atoms with Crippen LogP contribution in [-0.4, -0.2) is 221 Å². The van der Waals surface area contributed by atoms with E-state index in [1.807, 2.05) is 141 Å². The van der Waals surface area contributed by atoms with Crippen LogP contribution in [0.25, 0.3) is 0 Å². The molecule has 0 aliphatic carbocycles. The van der Waals surface area contributed by atoms with Crippen molar-refractivity contribution in [3.63, 3.8) is 0 Å². The Morgan fingerprint density at radius 2 is 0.778 bits per heavy atom. The van der Waals surface area contributed by atoms with Gasteiger partial charge in [-0.25, -0.2) is 14.4 Å². The molecule has 0 aromatic heterocycles. The van der Waals surface area contributed by atoms with Crippen molar-refractivity contribution in [3.05, 3.63) is 195 Å². The predicted molar refractivity (Wildman–Crippen MR) is 469 cm³/mol. The number of hydrogen-bond acceptors (Lipinski definition) is 13. The van der Waals surface area contributed by atoms with Gasteiger partial charge in [0.25, 0.3) is 0 Å². The summed E-state index contributed by atoms with van der Waals surface area (Å²) in [6, 6.07) is 50.1. The molecule has 624 valence electrons. The molecule has 12 amide bonds. The van der Waals surface area contributed by atoms with Crippen LogP contribution in [0.2, 0.25) is 10.0 Å². The van der Waals surface area contributed by atoms with Gasteiger partial charge >= 0.3 is 18.1 Å². The topological polar surface area (TPSA) is 222 Å². The first kappa shape index (κ1) is 85.0. The SMILES string of the molecule is CC(C)CCN1C(=O)C(CC(=O)N2CCC(N3CCc4ccccc4NC3=O)CC2)SC1c1ccccc1.CC(C)CCN1C(=O)C(CC(=O)N2CCC(N3Cc4ccccc4NC3=O)CC2)SC1c1c(Cl)cccc1Cl.CN1CCCC1CCN1C(=O)C(CC(=O)N2CCC(N3Cc4ccccc4NC3=O)CC2)SC1c1ccccc1.[HH]. The van der Waals surface area contributed by atoms with Crippen LogP contribution in [0.3, 0.4) is 0 Å². The molecule has 27 heteroatoms. The molecule has 7 saturated heterocycles. The lowest BCUT2D eigenvalue weighted by Gasteiger charge is -2.40. The maximum Gasteiger partial charge on any atom is 0.322 e. The fraction of sp³-hybridized carbons (Fsp3) is 0.500. The van der Waals surface area contributed by atoms with Crippen molar-refractivity contribution < 1.29 is 44.6 Å². The van der Waals surface area contributed by atoms with Gasteiger partial charge in [-0.15, -0.1) is 35.3 Å². The Labute approximate surface area is 713 Å². The van der Waals surface area contributed by atoms with Crippen molar-refractivity contribution >= 4 is 129 Å². The van der Waals surface area contributed by atoms with Crippen molar-refractivity contribution in [2.45, 2.75) is 193 Å². The van der Waals surface area contributed by atoms with Gasteiger partial charge in [-0.05, 0) is 161 Å². The van der Waals surface area contributed by atoms with E-state index >= 15 is 0 Å². The lowest BCUT2D eigenvalue weighted by atomic mass is 10.0. The minimum Gasteiger partial charge on any atom is -0.342 e. The molecule has 10 aliphatic rings. The summed E-state index contributed by atoms with van der Waals surface area (Å²) < 4.78 is 0. The Morgan fingerprint density at radius 3 is 1.19 bits per heavy atom. The van der Waals surface area contributed by atoms with E-state index in [-0.39, 0.29) is 119 Å². The second-order valence-corrected chi connectivity index (χ2v) is 38.0. The fourth-order valence-corrected chi connectivity index (χ4v) is 23.1. The molecule has 0 bridgehead atoms. The zero-order valence-corrected chi connectivity index (χ0v) is 71.7. The lowest BCUT2D eigenvalue weighted by molar-refractivity contribution is -0.137. The van der Waals surface area contributed by atoms with Crippen LogP contribution in [0.5, 0.6) is 0 Å². The normalized spacial score (nSPS) is 23.4. The van der Waals surface area contributed by atoms with E-state index in [1.54, 1.807) is 41.7 Å². The summed E-state index contributed by atoms with van der Waals surface area (Å²) in [6.45, 7) is 17.2. The molecule has 6 aromatic carbocycles. The highest BCUT2D eigenvalue weighted by atomic mass is 35.5. The van der Waals surface area contributed by atoms with Crippen molar-refractivity contribution in [1.29, 1.82) is 0 Å². The molecule has 10 heterocycles. The first-order chi connectivity index (χ1) is 56.6. The Kier molecular flexibility index (Phi) is 28.4. The molecule has 10 aliphatic heterocycles. The van der Waals surface area contributed by atoms with Crippen LogP contribution in [0.4, 0.5) is 31.4 Å². The molecule has 0 radical (unpaired) electrons. The highest BCUT2D eigenvalue weighted by molar-refractivity contribution is 8.01. The van der Waals surface area contributed by atoms with Gasteiger partial charge in [0, 0.05) is 156 Å². The summed E-state index contributed by atoms with van der Waals surface area (Å²) in [6.07, 6.45) is 11.0. The zero-order chi connectivity index (χ0) is 82.0. The van der Waals surface area contributed by atoms with Gasteiger partial charge in [0.2, 0.25) is 35.4 Å². The fourth-order valence-electron chi connectivity index (χ4n) is 17.9. The number of rotatable bonds is 21. The van der Waals surface area contributed by atoms with Gasteiger partial charge in [0.15, 0.2) is 0 Å². The van der Waals surface area contributed by atoms with Crippen molar-refractivity contribution in [2.24, 2.45) is 11.8 Å².